The van der Waals surface area contributed by atoms with Crippen molar-refractivity contribution < 1.29 is 0 Å². The number of nitrogens with one attached hydrogen (secondary N) is 2. The lowest BCUT2D eigenvalue weighted by molar-refractivity contribution is 0.164. The Kier molecular flexibility index (Phi) is 9.00. The first-order valence-corrected chi connectivity index (χ1v) is 8.41. The van der Waals surface area contributed by atoms with Gasteiger partial charge < -0.3 is 10.3 Å². The number of H-pyrrole nitrogens is 1. The van der Waals surface area contributed by atoms with Gasteiger partial charge in [-0.05, 0) is 24.1 Å². The largest absolute Gasteiger partial charge is 0.361 e. The number of aromatic nitrogens is 1. The maximum atomic E-state index is 3.47. The van der Waals surface area contributed by atoms with Crippen molar-refractivity contribution in [1.82, 2.24) is 15.2 Å². The SMILES string of the molecule is CCCCC[C@H](c1cccc2[nH]ccc12)N1CCNCC1.Cl.Cl. The topological polar surface area (TPSA) is 31.1 Å². The fraction of sp³-hybridized carbons (Fsp3) is 0.556. The molecule has 1 atom stereocenters. The zero-order chi connectivity index (χ0) is 14.5. The second kappa shape index (κ2) is 10.2. The Hall–Kier alpha value is -0.740. The maximum Gasteiger partial charge on any atom is 0.0457 e. The summed E-state index contributed by atoms with van der Waals surface area (Å²) < 4.78 is 0. The molecule has 3 nitrogen and oxygen atoms in total. The Labute approximate surface area is 152 Å². The van der Waals surface area contributed by atoms with E-state index >= 15 is 0 Å². The number of nitrogens with zero attached hydrogens (tertiary/aromatic N) is 1. The number of aromatic amines is 1. The van der Waals surface area contributed by atoms with Gasteiger partial charge in [-0.1, -0.05) is 38.3 Å². The minimum Gasteiger partial charge on any atom is -0.361 e. The van der Waals surface area contributed by atoms with Crippen LogP contribution in [0.15, 0.2) is 30.5 Å². The molecule has 1 aromatic heterocycles. The van der Waals surface area contributed by atoms with E-state index in [1.54, 1.807) is 0 Å². The number of fused-ring (bicyclic) bond motifs is 1. The average molecular weight is 358 g/mol. The first-order valence-electron chi connectivity index (χ1n) is 8.41. The molecule has 0 aliphatic carbocycles. The molecule has 2 N–H and O–H groups in total. The van der Waals surface area contributed by atoms with Crippen LogP contribution in [0.4, 0.5) is 0 Å². The lowest BCUT2D eigenvalue weighted by Gasteiger charge is -2.35. The molecule has 2 heterocycles. The fourth-order valence-electron chi connectivity index (χ4n) is 3.52. The van der Waals surface area contributed by atoms with Gasteiger partial charge >= 0.3 is 0 Å². The normalized spacial score (nSPS) is 16.6. The Morgan fingerprint density at radius 3 is 2.61 bits per heavy atom. The van der Waals surface area contributed by atoms with Gasteiger partial charge in [-0.25, -0.2) is 0 Å². The summed E-state index contributed by atoms with van der Waals surface area (Å²) in [6.07, 6.45) is 7.30. The molecule has 3 rings (SSSR count). The minimum atomic E-state index is 0. The first-order chi connectivity index (χ1) is 10.4. The van der Waals surface area contributed by atoms with Crippen molar-refractivity contribution in [2.45, 2.75) is 38.6 Å². The molecule has 0 bridgehead atoms. The zero-order valence-electron chi connectivity index (χ0n) is 13.9. The molecule has 23 heavy (non-hydrogen) atoms. The summed E-state index contributed by atoms with van der Waals surface area (Å²) >= 11 is 0. The van der Waals surface area contributed by atoms with Crippen LogP contribution in [0, 0.1) is 0 Å². The molecule has 1 saturated heterocycles. The van der Waals surface area contributed by atoms with Gasteiger partial charge in [0.15, 0.2) is 0 Å². The third-order valence-corrected chi connectivity index (χ3v) is 4.66. The van der Waals surface area contributed by atoms with E-state index in [1.165, 1.54) is 42.1 Å². The van der Waals surface area contributed by atoms with E-state index < -0.39 is 0 Å². The lowest BCUT2D eigenvalue weighted by Crippen LogP contribution is -2.45. The van der Waals surface area contributed by atoms with Crippen molar-refractivity contribution in [3.05, 3.63) is 36.0 Å². The minimum absolute atomic E-state index is 0. The number of benzene rings is 1. The van der Waals surface area contributed by atoms with Crippen LogP contribution in [-0.4, -0.2) is 36.1 Å². The molecular weight excluding hydrogens is 329 g/mol. The Morgan fingerprint density at radius 2 is 1.87 bits per heavy atom. The molecule has 1 aromatic carbocycles. The summed E-state index contributed by atoms with van der Waals surface area (Å²) in [6, 6.07) is 9.51. The molecular formula is C18H29Cl2N3. The monoisotopic (exact) mass is 357 g/mol. The molecule has 1 aliphatic rings. The standard InChI is InChI=1S/C18H27N3.2ClH/c1-2-3-4-8-18(21-13-11-19-12-14-21)16-6-5-7-17-15(16)9-10-20-17;;/h5-7,9-10,18-20H,2-4,8,11-14H2,1H3;2*1H/t18-;;/m1../s1. The smallest absolute Gasteiger partial charge is 0.0457 e. The predicted molar refractivity (Wildman–Crippen MR) is 104 cm³/mol. The Morgan fingerprint density at radius 1 is 1.09 bits per heavy atom. The van der Waals surface area contributed by atoms with E-state index in [4.69, 9.17) is 0 Å². The quantitative estimate of drug-likeness (QED) is 0.743. The van der Waals surface area contributed by atoms with Gasteiger partial charge in [-0.15, -0.1) is 24.8 Å². The molecule has 1 fully saturated rings. The zero-order valence-corrected chi connectivity index (χ0v) is 15.5. The number of piperazine rings is 1. The van der Waals surface area contributed by atoms with Crippen LogP contribution in [0.25, 0.3) is 10.9 Å². The molecule has 1 aliphatic heterocycles. The molecule has 0 spiro atoms. The average Bonchev–Trinajstić information content (AvgIpc) is 3.01. The molecule has 5 heteroatoms. The highest BCUT2D eigenvalue weighted by atomic mass is 35.5. The van der Waals surface area contributed by atoms with E-state index in [0.29, 0.717) is 6.04 Å². The number of unbranched alkanes of at least 4 members (excludes halogenated alkanes) is 2. The van der Waals surface area contributed by atoms with Crippen LogP contribution >= 0.6 is 24.8 Å². The van der Waals surface area contributed by atoms with Gasteiger partial charge in [0.1, 0.15) is 0 Å². The van der Waals surface area contributed by atoms with Gasteiger partial charge in [-0.2, -0.15) is 0 Å². The summed E-state index contributed by atoms with van der Waals surface area (Å²) in [5, 5.41) is 4.87. The first kappa shape index (κ1) is 20.3. The highest BCUT2D eigenvalue weighted by Gasteiger charge is 2.23. The van der Waals surface area contributed by atoms with E-state index in [2.05, 4.69) is 52.6 Å². The molecule has 130 valence electrons. The van der Waals surface area contributed by atoms with Gasteiger partial charge in [0, 0.05) is 49.3 Å². The van der Waals surface area contributed by atoms with Gasteiger partial charge in [0.05, 0.1) is 0 Å². The number of hydrogen-bond acceptors (Lipinski definition) is 2. The van der Waals surface area contributed by atoms with Crippen molar-refractivity contribution >= 4 is 35.7 Å². The van der Waals surface area contributed by atoms with Crippen LogP contribution in [0.3, 0.4) is 0 Å². The van der Waals surface area contributed by atoms with Crippen molar-refractivity contribution in [2.24, 2.45) is 0 Å². The van der Waals surface area contributed by atoms with Gasteiger partial charge in [0.2, 0.25) is 0 Å². The van der Waals surface area contributed by atoms with Crippen LogP contribution < -0.4 is 5.32 Å². The molecule has 0 amide bonds. The summed E-state index contributed by atoms with van der Waals surface area (Å²) in [4.78, 5) is 6.03. The molecule has 0 unspecified atom stereocenters. The summed E-state index contributed by atoms with van der Waals surface area (Å²) in [7, 11) is 0. The van der Waals surface area contributed by atoms with E-state index in [0.717, 1.165) is 26.2 Å². The molecule has 2 aromatic rings. The van der Waals surface area contributed by atoms with E-state index in [9.17, 15) is 0 Å². The Bertz CT molecular complexity index is 564. The fourth-order valence-corrected chi connectivity index (χ4v) is 3.52. The van der Waals surface area contributed by atoms with Gasteiger partial charge in [0.25, 0.3) is 0 Å². The lowest BCUT2D eigenvalue weighted by atomic mass is 9.95. The third kappa shape index (κ3) is 4.87. The summed E-state index contributed by atoms with van der Waals surface area (Å²) in [5.41, 5.74) is 2.77. The van der Waals surface area contributed by atoms with Crippen LogP contribution in [0.2, 0.25) is 0 Å². The van der Waals surface area contributed by atoms with Crippen molar-refractivity contribution in [1.29, 1.82) is 0 Å². The summed E-state index contributed by atoms with van der Waals surface area (Å²) in [5.74, 6) is 0. The highest BCUT2D eigenvalue weighted by Crippen LogP contribution is 2.32. The van der Waals surface area contributed by atoms with Crippen molar-refractivity contribution in [2.75, 3.05) is 26.2 Å². The molecule has 0 saturated carbocycles. The number of halogens is 2. The second-order valence-electron chi connectivity index (χ2n) is 6.08. The van der Waals surface area contributed by atoms with Crippen molar-refractivity contribution in [3.63, 3.8) is 0 Å². The van der Waals surface area contributed by atoms with Crippen LogP contribution in [0.5, 0.6) is 0 Å². The van der Waals surface area contributed by atoms with E-state index in [1.807, 2.05) is 0 Å². The van der Waals surface area contributed by atoms with E-state index in [-0.39, 0.29) is 24.8 Å². The van der Waals surface area contributed by atoms with Crippen LogP contribution in [0.1, 0.15) is 44.2 Å². The third-order valence-electron chi connectivity index (χ3n) is 4.66. The summed E-state index contributed by atoms with van der Waals surface area (Å²) in [6.45, 7) is 6.85. The number of rotatable bonds is 6. The maximum absolute atomic E-state index is 3.47. The number of hydrogen-bond donors (Lipinski definition) is 2. The molecule has 0 radical (unpaired) electrons. The second-order valence-corrected chi connectivity index (χ2v) is 6.08. The Balaban J connectivity index is 0.00000132. The van der Waals surface area contributed by atoms with Crippen molar-refractivity contribution in [3.8, 4) is 0 Å². The highest BCUT2D eigenvalue weighted by molar-refractivity contribution is 5.85. The predicted octanol–water partition coefficient (Wildman–Crippen LogP) is 4.54. The van der Waals surface area contributed by atoms with Crippen LogP contribution in [-0.2, 0) is 0 Å². The van der Waals surface area contributed by atoms with Gasteiger partial charge in [-0.3, -0.25) is 4.90 Å².